The third kappa shape index (κ3) is 4.89. The van der Waals surface area contributed by atoms with Crippen molar-refractivity contribution in [3.05, 3.63) is 65.7 Å². The van der Waals surface area contributed by atoms with Crippen LogP contribution in [0.2, 0.25) is 0 Å². The van der Waals surface area contributed by atoms with E-state index in [1.165, 1.54) is 11.8 Å². The number of amides is 1. The second-order valence-corrected chi connectivity index (χ2v) is 6.77. The van der Waals surface area contributed by atoms with Gasteiger partial charge in [-0.2, -0.15) is 4.98 Å². The fourth-order valence-electron chi connectivity index (χ4n) is 2.43. The van der Waals surface area contributed by atoms with Crippen LogP contribution in [-0.2, 0) is 9.53 Å². The number of nitrogens with two attached hydrogens (primary N) is 1. The molecule has 8 nitrogen and oxygen atoms in total. The number of hydrogen-bond acceptors (Lipinski definition) is 7. The van der Waals surface area contributed by atoms with Crippen molar-refractivity contribution < 1.29 is 14.3 Å². The Bertz CT molecular complexity index is 944. The Morgan fingerprint density at radius 2 is 1.89 bits per heavy atom. The first kappa shape index (κ1) is 19.4. The average Bonchev–Trinajstić information content (AvgIpc) is 3.12. The molecule has 9 heteroatoms. The van der Waals surface area contributed by atoms with Crippen molar-refractivity contribution in [2.75, 3.05) is 17.7 Å². The number of aromatic nitrogens is 3. The molecule has 0 aliphatic carbocycles. The number of nitrogens with zero attached hydrogens (tertiary/aromatic N) is 2. The number of hydrogen-bond donors (Lipinski definition) is 3. The number of benzene rings is 2. The maximum Gasteiger partial charge on any atom is 0.338 e. The Balaban J connectivity index is 1.76. The van der Waals surface area contributed by atoms with Gasteiger partial charge in [0.2, 0.25) is 17.0 Å². The van der Waals surface area contributed by atoms with Crippen LogP contribution in [0.25, 0.3) is 0 Å². The van der Waals surface area contributed by atoms with Gasteiger partial charge in [-0.3, -0.25) is 4.79 Å². The van der Waals surface area contributed by atoms with Crippen LogP contribution < -0.4 is 11.1 Å². The predicted molar refractivity (Wildman–Crippen MR) is 107 cm³/mol. The van der Waals surface area contributed by atoms with Gasteiger partial charge in [0.1, 0.15) is 5.25 Å². The van der Waals surface area contributed by atoms with Gasteiger partial charge in [-0.15, -0.1) is 5.10 Å². The van der Waals surface area contributed by atoms with Crippen LogP contribution >= 0.6 is 11.8 Å². The SMILES string of the molecule is CCOC(=O)c1ccc(NC(=O)[C@@H](Sc2n[nH]c(N)n2)c2ccccc2)cc1. The standard InChI is InChI=1S/C19H19N5O3S/c1-2-27-17(26)13-8-10-14(11-9-13)21-16(25)15(12-6-4-3-5-7-12)28-19-22-18(20)23-24-19/h3-11,15H,2H2,1H3,(H,21,25)(H3,20,22,23,24)/t15-/m0/s1. The van der Waals surface area contributed by atoms with Crippen LogP contribution in [0.15, 0.2) is 59.8 Å². The lowest BCUT2D eigenvalue weighted by Crippen LogP contribution is -2.19. The van der Waals surface area contributed by atoms with E-state index in [2.05, 4.69) is 20.5 Å². The number of rotatable bonds is 7. The summed E-state index contributed by atoms with van der Waals surface area (Å²) in [6.07, 6.45) is 0. The number of thioether (sulfide) groups is 1. The van der Waals surface area contributed by atoms with E-state index in [1.54, 1.807) is 31.2 Å². The number of anilines is 2. The summed E-state index contributed by atoms with van der Waals surface area (Å²) in [7, 11) is 0. The molecule has 0 fully saturated rings. The maximum atomic E-state index is 12.9. The summed E-state index contributed by atoms with van der Waals surface area (Å²) < 4.78 is 4.96. The highest BCUT2D eigenvalue weighted by Crippen LogP contribution is 2.34. The fraction of sp³-hybridized carbons (Fsp3) is 0.158. The highest BCUT2D eigenvalue weighted by atomic mass is 32.2. The van der Waals surface area contributed by atoms with Gasteiger partial charge < -0.3 is 15.8 Å². The summed E-state index contributed by atoms with van der Waals surface area (Å²) >= 11 is 1.19. The van der Waals surface area contributed by atoms with Crippen molar-refractivity contribution in [3.8, 4) is 0 Å². The molecule has 28 heavy (non-hydrogen) atoms. The second kappa shape index (κ2) is 9.05. The lowest BCUT2D eigenvalue weighted by atomic mass is 10.1. The Morgan fingerprint density at radius 1 is 1.18 bits per heavy atom. The normalized spacial score (nSPS) is 11.6. The van der Waals surface area contributed by atoms with Gasteiger partial charge in [-0.25, -0.2) is 9.89 Å². The van der Waals surface area contributed by atoms with Crippen molar-refractivity contribution in [1.29, 1.82) is 0 Å². The molecule has 3 aromatic rings. The molecule has 1 aromatic heterocycles. The number of nitrogen functional groups attached to an aromatic ring is 1. The van der Waals surface area contributed by atoms with Gasteiger partial charge >= 0.3 is 5.97 Å². The van der Waals surface area contributed by atoms with E-state index in [0.717, 1.165) is 5.56 Å². The molecule has 3 rings (SSSR count). The van der Waals surface area contributed by atoms with Crippen LogP contribution in [0, 0.1) is 0 Å². The van der Waals surface area contributed by atoms with Crippen molar-refractivity contribution in [2.24, 2.45) is 0 Å². The summed E-state index contributed by atoms with van der Waals surface area (Å²) in [4.78, 5) is 28.7. The molecule has 2 aromatic carbocycles. The van der Waals surface area contributed by atoms with E-state index >= 15 is 0 Å². The molecule has 0 radical (unpaired) electrons. The Hall–Kier alpha value is -3.33. The monoisotopic (exact) mass is 397 g/mol. The summed E-state index contributed by atoms with van der Waals surface area (Å²) in [5.41, 5.74) is 7.36. The minimum absolute atomic E-state index is 0.185. The minimum atomic E-state index is -0.582. The van der Waals surface area contributed by atoms with Crippen LogP contribution in [0.3, 0.4) is 0 Å². The first-order valence-electron chi connectivity index (χ1n) is 8.54. The predicted octanol–water partition coefficient (Wildman–Crippen LogP) is 3.04. The molecular formula is C19H19N5O3S. The summed E-state index contributed by atoms with van der Waals surface area (Å²) in [6.45, 7) is 2.05. The zero-order valence-corrected chi connectivity index (χ0v) is 15.9. The molecule has 0 saturated carbocycles. The topological polar surface area (TPSA) is 123 Å². The molecular weight excluding hydrogens is 378 g/mol. The Morgan fingerprint density at radius 3 is 2.50 bits per heavy atom. The molecule has 0 aliphatic heterocycles. The Labute approximate surface area is 165 Å². The van der Waals surface area contributed by atoms with Crippen molar-refractivity contribution >= 4 is 35.3 Å². The maximum absolute atomic E-state index is 12.9. The van der Waals surface area contributed by atoms with Gasteiger partial charge in [-0.05, 0) is 36.8 Å². The molecule has 4 N–H and O–H groups in total. The molecule has 1 amide bonds. The molecule has 144 valence electrons. The molecule has 0 aliphatic rings. The van der Waals surface area contributed by atoms with Gasteiger partial charge in [0.15, 0.2) is 0 Å². The third-order valence-corrected chi connectivity index (χ3v) is 4.82. The van der Waals surface area contributed by atoms with Gasteiger partial charge in [-0.1, -0.05) is 42.1 Å². The number of esters is 1. The third-order valence-electron chi connectivity index (χ3n) is 3.71. The van der Waals surface area contributed by atoms with Crippen LogP contribution in [0.4, 0.5) is 11.6 Å². The van der Waals surface area contributed by atoms with Crippen molar-refractivity contribution in [3.63, 3.8) is 0 Å². The van der Waals surface area contributed by atoms with Crippen LogP contribution in [0.5, 0.6) is 0 Å². The number of nitrogens with one attached hydrogen (secondary N) is 2. The van der Waals surface area contributed by atoms with Crippen molar-refractivity contribution in [2.45, 2.75) is 17.3 Å². The van der Waals surface area contributed by atoms with Crippen LogP contribution in [0.1, 0.15) is 28.1 Å². The first-order chi connectivity index (χ1) is 13.6. The first-order valence-corrected chi connectivity index (χ1v) is 9.42. The highest BCUT2D eigenvalue weighted by molar-refractivity contribution is 8.00. The van der Waals surface area contributed by atoms with E-state index in [0.29, 0.717) is 23.0 Å². The number of H-pyrrole nitrogens is 1. The molecule has 1 atom stereocenters. The average molecular weight is 397 g/mol. The second-order valence-electron chi connectivity index (χ2n) is 5.70. The number of ether oxygens (including phenoxy) is 1. The highest BCUT2D eigenvalue weighted by Gasteiger charge is 2.24. The molecule has 0 saturated heterocycles. The van der Waals surface area contributed by atoms with Gasteiger partial charge in [0.05, 0.1) is 12.2 Å². The number of carbonyl (C=O) groups is 2. The van der Waals surface area contributed by atoms with Crippen LogP contribution in [-0.4, -0.2) is 33.7 Å². The quantitative estimate of drug-likeness (QED) is 0.413. The van der Waals surface area contributed by atoms with Gasteiger partial charge in [0.25, 0.3) is 0 Å². The molecule has 0 bridgehead atoms. The Kier molecular flexibility index (Phi) is 6.28. The minimum Gasteiger partial charge on any atom is -0.462 e. The zero-order chi connectivity index (χ0) is 19.9. The summed E-state index contributed by atoms with van der Waals surface area (Å²) in [6, 6.07) is 15.8. The summed E-state index contributed by atoms with van der Waals surface area (Å²) in [5, 5.41) is 9.20. The van der Waals surface area contributed by atoms with Gasteiger partial charge in [0, 0.05) is 5.69 Å². The number of aromatic amines is 1. The van der Waals surface area contributed by atoms with E-state index in [9.17, 15) is 9.59 Å². The van der Waals surface area contributed by atoms with E-state index in [4.69, 9.17) is 10.5 Å². The largest absolute Gasteiger partial charge is 0.462 e. The zero-order valence-electron chi connectivity index (χ0n) is 15.1. The molecule has 0 unspecified atom stereocenters. The summed E-state index contributed by atoms with van der Waals surface area (Å²) in [5.74, 6) is -0.465. The lowest BCUT2D eigenvalue weighted by Gasteiger charge is -2.15. The van der Waals surface area contributed by atoms with E-state index < -0.39 is 11.2 Å². The number of carbonyl (C=O) groups excluding carboxylic acids is 2. The smallest absolute Gasteiger partial charge is 0.338 e. The molecule has 0 spiro atoms. The van der Waals surface area contributed by atoms with E-state index in [1.807, 2.05) is 30.3 Å². The van der Waals surface area contributed by atoms with E-state index in [-0.39, 0.29) is 11.9 Å². The van der Waals surface area contributed by atoms with Crippen molar-refractivity contribution in [1.82, 2.24) is 15.2 Å². The fourth-order valence-corrected chi connectivity index (χ4v) is 3.35. The molecule has 1 heterocycles. The lowest BCUT2D eigenvalue weighted by molar-refractivity contribution is -0.115.